The van der Waals surface area contributed by atoms with Gasteiger partial charge in [-0.25, -0.2) is 18.7 Å². The molecule has 0 aliphatic carbocycles. The highest BCUT2D eigenvalue weighted by molar-refractivity contribution is 5.77. The van der Waals surface area contributed by atoms with Gasteiger partial charge in [-0.3, -0.25) is 4.79 Å². The van der Waals surface area contributed by atoms with Crippen LogP contribution in [0.15, 0.2) is 30.6 Å². The fourth-order valence-corrected chi connectivity index (χ4v) is 5.02. The van der Waals surface area contributed by atoms with Crippen LogP contribution in [0.2, 0.25) is 0 Å². The average Bonchev–Trinajstić information content (AvgIpc) is 3.25. The van der Waals surface area contributed by atoms with Gasteiger partial charge >= 0.3 is 0 Å². The van der Waals surface area contributed by atoms with Gasteiger partial charge in [-0.15, -0.1) is 0 Å². The van der Waals surface area contributed by atoms with E-state index in [1.54, 1.807) is 6.20 Å². The monoisotopic (exact) mass is 527 g/mol. The SMILES string of the molecule is Cc1cnc(NC2COC2)nc1-c1cc(C=O)n(CC2(CN(C)Cc3cc(F)c(F)cc3CO)COC2)c1. The zero-order valence-electron chi connectivity index (χ0n) is 21.4. The lowest BCUT2D eigenvalue weighted by Crippen LogP contribution is -2.52. The first kappa shape index (κ1) is 26.4. The smallest absolute Gasteiger partial charge is 0.223 e. The maximum absolute atomic E-state index is 13.9. The zero-order chi connectivity index (χ0) is 26.9. The van der Waals surface area contributed by atoms with E-state index in [1.807, 2.05) is 35.7 Å². The number of hydrogen-bond acceptors (Lipinski definition) is 8. The highest BCUT2D eigenvalue weighted by Crippen LogP contribution is 2.33. The summed E-state index contributed by atoms with van der Waals surface area (Å²) < 4.78 is 40.2. The molecule has 2 aliphatic rings. The molecule has 0 saturated carbocycles. The van der Waals surface area contributed by atoms with Crippen molar-refractivity contribution in [2.45, 2.75) is 32.7 Å². The van der Waals surface area contributed by atoms with Gasteiger partial charge in [0.2, 0.25) is 5.95 Å². The van der Waals surface area contributed by atoms with Crippen molar-refractivity contribution in [2.24, 2.45) is 5.41 Å². The third kappa shape index (κ3) is 5.46. The predicted molar refractivity (Wildman–Crippen MR) is 136 cm³/mol. The minimum absolute atomic E-state index is 0.191. The van der Waals surface area contributed by atoms with E-state index in [0.717, 1.165) is 35.2 Å². The lowest BCUT2D eigenvalue weighted by atomic mass is 9.85. The molecule has 2 aliphatic heterocycles. The van der Waals surface area contributed by atoms with E-state index in [2.05, 4.69) is 10.3 Å². The van der Waals surface area contributed by atoms with Crippen LogP contribution in [-0.4, -0.2) is 76.9 Å². The maximum atomic E-state index is 13.9. The van der Waals surface area contributed by atoms with Crippen molar-refractivity contribution in [1.82, 2.24) is 19.4 Å². The van der Waals surface area contributed by atoms with Crippen molar-refractivity contribution < 1.29 is 28.2 Å². The van der Waals surface area contributed by atoms with E-state index in [1.165, 1.54) is 0 Å². The highest BCUT2D eigenvalue weighted by atomic mass is 19.2. The van der Waals surface area contributed by atoms with Crippen molar-refractivity contribution in [3.63, 3.8) is 0 Å². The van der Waals surface area contributed by atoms with E-state index in [4.69, 9.17) is 14.5 Å². The number of aldehydes is 1. The summed E-state index contributed by atoms with van der Waals surface area (Å²) >= 11 is 0. The molecule has 9 nitrogen and oxygen atoms in total. The molecule has 3 aromatic rings. The Morgan fingerprint density at radius 3 is 2.55 bits per heavy atom. The fourth-order valence-electron chi connectivity index (χ4n) is 5.02. The standard InChI is InChI=1S/C27H31F2N5O4/c1-17-6-30-26(31-21-11-37-12-21)32-25(17)19-3-22(10-36)34(8-19)14-27(15-38-16-27)13-33(2)7-18-4-23(28)24(29)5-20(18)9-35/h3-6,8,10,21,35H,7,9,11-16H2,1-2H3,(H,30,31,32). The van der Waals surface area contributed by atoms with Gasteiger partial charge in [0.15, 0.2) is 17.9 Å². The topological polar surface area (TPSA) is 102 Å². The average molecular weight is 528 g/mol. The normalized spacial score (nSPS) is 16.8. The van der Waals surface area contributed by atoms with Crippen LogP contribution in [0.25, 0.3) is 11.3 Å². The number of carbonyl (C=O) groups is 1. The second kappa shape index (κ2) is 10.9. The van der Waals surface area contributed by atoms with Crippen LogP contribution in [-0.2, 0) is 29.2 Å². The first-order chi connectivity index (χ1) is 18.3. The predicted octanol–water partition coefficient (Wildman–Crippen LogP) is 2.80. The molecular formula is C27H31F2N5O4. The van der Waals surface area contributed by atoms with Crippen LogP contribution < -0.4 is 5.32 Å². The maximum Gasteiger partial charge on any atom is 0.223 e. The first-order valence-electron chi connectivity index (χ1n) is 12.5. The number of nitrogens with one attached hydrogen (secondary N) is 1. The molecule has 202 valence electrons. The van der Waals surface area contributed by atoms with Crippen LogP contribution in [0.3, 0.4) is 0 Å². The summed E-state index contributed by atoms with van der Waals surface area (Å²) in [6.45, 7) is 5.24. The molecule has 0 bridgehead atoms. The Labute approximate surface area is 219 Å². The largest absolute Gasteiger partial charge is 0.392 e. The van der Waals surface area contributed by atoms with Crippen LogP contribution in [0.1, 0.15) is 27.2 Å². The van der Waals surface area contributed by atoms with Crippen molar-refractivity contribution >= 4 is 12.2 Å². The van der Waals surface area contributed by atoms with Gasteiger partial charge in [0.05, 0.1) is 50.5 Å². The summed E-state index contributed by atoms with van der Waals surface area (Å²) in [5.74, 6) is -1.40. The lowest BCUT2D eigenvalue weighted by Gasteiger charge is -2.44. The first-order valence-corrected chi connectivity index (χ1v) is 12.5. The molecule has 4 heterocycles. The molecule has 0 radical (unpaired) electrons. The fraction of sp³-hybridized carbons (Fsp3) is 0.444. The molecule has 38 heavy (non-hydrogen) atoms. The van der Waals surface area contributed by atoms with E-state index >= 15 is 0 Å². The van der Waals surface area contributed by atoms with Gasteiger partial charge < -0.3 is 29.4 Å². The van der Waals surface area contributed by atoms with Crippen molar-refractivity contribution in [3.8, 4) is 11.3 Å². The van der Waals surface area contributed by atoms with E-state index in [-0.39, 0.29) is 18.1 Å². The molecular weight excluding hydrogens is 496 g/mol. The number of aliphatic hydroxyl groups excluding tert-OH is 1. The highest BCUT2D eigenvalue weighted by Gasteiger charge is 2.40. The summed E-state index contributed by atoms with van der Waals surface area (Å²) in [6.07, 6.45) is 4.52. The number of aromatic nitrogens is 3. The van der Waals surface area contributed by atoms with Crippen LogP contribution in [0.5, 0.6) is 0 Å². The number of benzene rings is 1. The Hall–Kier alpha value is -3.25. The second-order valence-corrected chi connectivity index (χ2v) is 10.4. The molecule has 2 saturated heterocycles. The van der Waals surface area contributed by atoms with Crippen LogP contribution in [0.4, 0.5) is 14.7 Å². The summed E-state index contributed by atoms with van der Waals surface area (Å²) in [4.78, 5) is 23.0. The number of halogens is 2. The number of hydrogen-bond donors (Lipinski definition) is 2. The van der Waals surface area contributed by atoms with E-state index in [9.17, 15) is 18.7 Å². The summed E-state index contributed by atoms with van der Waals surface area (Å²) in [7, 11) is 1.89. The van der Waals surface area contributed by atoms with Gasteiger partial charge in [-0.05, 0) is 48.9 Å². The second-order valence-electron chi connectivity index (χ2n) is 10.4. The molecule has 0 amide bonds. The Morgan fingerprint density at radius 1 is 1.21 bits per heavy atom. The molecule has 0 unspecified atom stereocenters. The quantitative estimate of drug-likeness (QED) is 0.367. The van der Waals surface area contributed by atoms with Gasteiger partial charge in [0.25, 0.3) is 0 Å². The van der Waals surface area contributed by atoms with E-state index < -0.39 is 11.6 Å². The number of nitrogens with zero attached hydrogens (tertiary/aromatic N) is 4. The number of aryl methyl sites for hydroxylation is 1. The number of anilines is 1. The van der Waals surface area contributed by atoms with Gasteiger partial charge in [-0.1, -0.05) is 0 Å². The van der Waals surface area contributed by atoms with Crippen LogP contribution in [0, 0.1) is 24.0 Å². The van der Waals surface area contributed by atoms with Crippen molar-refractivity contribution in [1.29, 1.82) is 0 Å². The third-order valence-electron chi connectivity index (χ3n) is 7.05. The minimum atomic E-state index is -0.979. The summed E-state index contributed by atoms with van der Waals surface area (Å²) in [5, 5.41) is 12.9. The third-order valence-corrected chi connectivity index (χ3v) is 7.05. The van der Waals surface area contributed by atoms with Crippen LogP contribution >= 0.6 is 0 Å². The molecule has 11 heteroatoms. The molecule has 2 fully saturated rings. The van der Waals surface area contributed by atoms with Gasteiger partial charge in [0.1, 0.15) is 0 Å². The number of ether oxygens (including phenoxy) is 2. The minimum Gasteiger partial charge on any atom is -0.392 e. The summed E-state index contributed by atoms with van der Waals surface area (Å²) in [6, 6.07) is 4.18. The van der Waals surface area contributed by atoms with Crippen molar-refractivity contribution in [3.05, 3.63) is 64.6 Å². The Kier molecular flexibility index (Phi) is 7.53. The van der Waals surface area contributed by atoms with Gasteiger partial charge in [0, 0.05) is 43.0 Å². The van der Waals surface area contributed by atoms with E-state index in [0.29, 0.717) is 68.8 Å². The van der Waals surface area contributed by atoms with Gasteiger partial charge in [-0.2, -0.15) is 0 Å². The summed E-state index contributed by atoms with van der Waals surface area (Å²) in [5.41, 5.74) is 3.58. The number of carbonyl (C=O) groups excluding carboxylic acids is 1. The number of rotatable bonds is 11. The molecule has 0 atom stereocenters. The molecule has 5 rings (SSSR count). The Morgan fingerprint density at radius 2 is 1.95 bits per heavy atom. The molecule has 2 N–H and O–H groups in total. The number of aliphatic hydroxyl groups is 1. The Bertz CT molecular complexity index is 1320. The Balaban J connectivity index is 1.33. The zero-order valence-corrected chi connectivity index (χ0v) is 21.4. The lowest BCUT2D eigenvalue weighted by molar-refractivity contribution is -0.133. The molecule has 1 aromatic carbocycles. The molecule has 2 aromatic heterocycles. The van der Waals surface area contributed by atoms with Crippen molar-refractivity contribution in [2.75, 3.05) is 45.3 Å². The molecule has 0 spiro atoms.